The summed E-state index contributed by atoms with van der Waals surface area (Å²) in [6.07, 6.45) is 0.823. The first-order valence-corrected chi connectivity index (χ1v) is 5.98. The number of pyridine rings is 1. The number of nitrogens with zero attached hydrogens (tertiary/aromatic N) is 3. The summed E-state index contributed by atoms with van der Waals surface area (Å²) in [5, 5.41) is 7.23. The molecule has 0 aliphatic rings. The average molecular weight is 254 g/mol. The Hall–Kier alpha value is -1.63. The molecule has 0 spiro atoms. The predicted octanol–water partition coefficient (Wildman–Crippen LogP) is 1.67. The summed E-state index contributed by atoms with van der Waals surface area (Å²) in [7, 11) is 0. The Kier molecular flexibility index (Phi) is 3.58. The van der Waals surface area contributed by atoms with Gasteiger partial charge in [0.1, 0.15) is 5.03 Å². The Bertz CT molecular complexity index is 565. The van der Waals surface area contributed by atoms with Crippen LogP contribution in [0.5, 0.6) is 0 Å². The molecular weight excluding hydrogens is 243 g/mol. The molecule has 2 aromatic heterocycles. The molecule has 90 valence electrons. The summed E-state index contributed by atoms with van der Waals surface area (Å²) in [6, 6.07) is 4.51. The molecule has 0 atom stereocenters. The van der Waals surface area contributed by atoms with Crippen LogP contribution in [0.3, 0.4) is 0 Å². The smallest absolute Gasteiger partial charge is 0.270 e. The van der Waals surface area contributed by atoms with Crippen molar-refractivity contribution in [2.24, 2.45) is 0 Å². The predicted molar refractivity (Wildman–Crippen MR) is 61.5 cm³/mol. The third kappa shape index (κ3) is 2.73. The van der Waals surface area contributed by atoms with Gasteiger partial charge in [0.2, 0.25) is 5.95 Å². The molecule has 0 aromatic carbocycles. The molecular formula is C10H11FN4OS. The van der Waals surface area contributed by atoms with Gasteiger partial charge in [0.05, 0.1) is 0 Å². The van der Waals surface area contributed by atoms with E-state index in [2.05, 4.69) is 15.2 Å². The lowest BCUT2D eigenvalue weighted by atomic mass is 10.5. The maximum atomic E-state index is 12.9. The van der Waals surface area contributed by atoms with Gasteiger partial charge in [-0.2, -0.15) is 4.39 Å². The number of halogens is 1. The Balaban J connectivity index is 2.27. The Morgan fingerprint density at radius 3 is 3.06 bits per heavy atom. The molecule has 0 aliphatic carbocycles. The van der Waals surface area contributed by atoms with Crippen molar-refractivity contribution in [2.75, 3.05) is 0 Å². The van der Waals surface area contributed by atoms with Crippen molar-refractivity contribution in [1.29, 1.82) is 0 Å². The fraction of sp³-hybridized carbons (Fsp3) is 0.300. The number of rotatable bonds is 4. The van der Waals surface area contributed by atoms with Crippen molar-refractivity contribution in [2.45, 2.75) is 30.1 Å². The van der Waals surface area contributed by atoms with Crippen LogP contribution in [0.1, 0.15) is 13.3 Å². The van der Waals surface area contributed by atoms with E-state index in [0.717, 1.165) is 18.2 Å². The van der Waals surface area contributed by atoms with Gasteiger partial charge in [0, 0.05) is 6.54 Å². The molecule has 0 fully saturated rings. The minimum atomic E-state index is -0.546. The second-order valence-electron chi connectivity index (χ2n) is 3.36. The number of hydrogen-bond acceptors (Lipinski definition) is 4. The largest absolute Gasteiger partial charge is 0.343 e. The number of hydrogen-bond donors (Lipinski definition) is 1. The summed E-state index contributed by atoms with van der Waals surface area (Å²) in [5.41, 5.74) is -0.259. The van der Waals surface area contributed by atoms with E-state index in [0.29, 0.717) is 16.7 Å². The molecule has 0 saturated heterocycles. The molecule has 0 saturated carbocycles. The second-order valence-corrected chi connectivity index (χ2v) is 4.35. The van der Waals surface area contributed by atoms with Gasteiger partial charge < -0.3 is 0 Å². The average Bonchev–Trinajstić information content (AvgIpc) is 2.62. The first-order valence-electron chi connectivity index (χ1n) is 5.16. The van der Waals surface area contributed by atoms with Crippen LogP contribution < -0.4 is 5.69 Å². The van der Waals surface area contributed by atoms with Gasteiger partial charge in [-0.1, -0.05) is 13.0 Å². The van der Waals surface area contributed by atoms with E-state index in [1.165, 1.54) is 10.6 Å². The topological polar surface area (TPSA) is 63.6 Å². The van der Waals surface area contributed by atoms with Gasteiger partial charge >= 0.3 is 5.69 Å². The van der Waals surface area contributed by atoms with Gasteiger partial charge in [-0.15, -0.1) is 5.10 Å². The third-order valence-electron chi connectivity index (χ3n) is 2.06. The molecule has 0 bridgehead atoms. The zero-order valence-corrected chi connectivity index (χ0v) is 10.00. The minimum absolute atomic E-state index is 0.259. The van der Waals surface area contributed by atoms with Crippen LogP contribution in [0.2, 0.25) is 0 Å². The van der Waals surface area contributed by atoms with E-state index in [1.54, 1.807) is 12.1 Å². The molecule has 0 aliphatic heterocycles. The molecule has 2 heterocycles. The summed E-state index contributed by atoms with van der Waals surface area (Å²) in [6.45, 7) is 2.54. The van der Waals surface area contributed by atoms with Crippen LogP contribution in [-0.4, -0.2) is 19.7 Å². The highest BCUT2D eigenvalue weighted by Crippen LogP contribution is 2.22. The van der Waals surface area contributed by atoms with Gasteiger partial charge in [-0.25, -0.2) is 14.9 Å². The lowest BCUT2D eigenvalue weighted by molar-refractivity contribution is 0.571. The van der Waals surface area contributed by atoms with Crippen LogP contribution in [-0.2, 0) is 6.54 Å². The number of aromatic nitrogens is 4. The normalized spacial score (nSPS) is 10.7. The Morgan fingerprint density at radius 2 is 2.35 bits per heavy atom. The standard InChI is InChI=1S/C10H11FN4OS/c1-2-6-15-9(16)13-14-10(15)17-8-5-3-4-7(11)12-8/h3-5H,2,6H2,1H3,(H,13,16). The summed E-state index contributed by atoms with van der Waals surface area (Å²) >= 11 is 1.16. The van der Waals surface area contributed by atoms with Crippen molar-refractivity contribution >= 4 is 11.8 Å². The molecule has 2 rings (SSSR count). The van der Waals surface area contributed by atoms with Crippen LogP contribution >= 0.6 is 11.8 Å². The highest BCUT2D eigenvalue weighted by molar-refractivity contribution is 7.99. The zero-order chi connectivity index (χ0) is 12.3. The molecule has 2 aromatic rings. The SMILES string of the molecule is CCCn1c(Sc2cccc(F)n2)n[nH]c1=O. The quantitative estimate of drug-likeness (QED) is 0.843. The summed E-state index contributed by atoms with van der Waals surface area (Å²) in [5.74, 6) is -0.546. The first-order chi connectivity index (χ1) is 8.20. The molecule has 17 heavy (non-hydrogen) atoms. The minimum Gasteiger partial charge on any atom is -0.270 e. The lowest BCUT2D eigenvalue weighted by Gasteiger charge is -2.02. The van der Waals surface area contributed by atoms with Gasteiger partial charge in [-0.05, 0) is 30.3 Å². The molecule has 7 heteroatoms. The van der Waals surface area contributed by atoms with Crippen LogP contribution in [0.25, 0.3) is 0 Å². The van der Waals surface area contributed by atoms with E-state index in [9.17, 15) is 9.18 Å². The maximum absolute atomic E-state index is 12.9. The van der Waals surface area contributed by atoms with E-state index < -0.39 is 5.95 Å². The first kappa shape index (κ1) is 11.8. The Morgan fingerprint density at radius 1 is 1.53 bits per heavy atom. The molecule has 0 radical (unpaired) electrons. The van der Waals surface area contributed by atoms with Crippen LogP contribution in [0.4, 0.5) is 4.39 Å². The monoisotopic (exact) mass is 254 g/mol. The van der Waals surface area contributed by atoms with Gasteiger partial charge in [0.15, 0.2) is 5.16 Å². The second kappa shape index (κ2) is 5.13. The number of H-pyrrole nitrogens is 1. The van der Waals surface area contributed by atoms with E-state index in [1.807, 2.05) is 6.92 Å². The number of nitrogens with one attached hydrogen (secondary N) is 1. The maximum Gasteiger partial charge on any atom is 0.343 e. The van der Waals surface area contributed by atoms with Gasteiger partial charge in [-0.3, -0.25) is 4.57 Å². The van der Waals surface area contributed by atoms with E-state index >= 15 is 0 Å². The number of aromatic amines is 1. The van der Waals surface area contributed by atoms with E-state index in [4.69, 9.17) is 0 Å². The highest BCUT2D eigenvalue weighted by Gasteiger charge is 2.10. The van der Waals surface area contributed by atoms with Crippen molar-refractivity contribution in [3.05, 3.63) is 34.6 Å². The van der Waals surface area contributed by atoms with Gasteiger partial charge in [0.25, 0.3) is 0 Å². The van der Waals surface area contributed by atoms with Crippen LogP contribution in [0.15, 0.2) is 33.2 Å². The Labute approximate surface area is 101 Å². The van der Waals surface area contributed by atoms with Crippen molar-refractivity contribution in [1.82, 2.24) is 19.7 Å². The fourth-order valence-electron chi connectivity index (χ4n) is 1.34. The lowest BCUT2D eigenvalue weighted by Crippen LogP contribution is -2.17. The fourth-order valence-corrected chi connectivity index (χ4v) is 2.18. The zero-order valence-electron chi connectivity index (χ0n) is 9.18. The summed E-state index contributed by atoms with van der Waals surface area (Å²) < 4.78 is 14.4. The van der Waals surface area contributed by atoms with Crippen molar-refractivity contribution in [3.63, 3.8) is 0 Å². The highest BCUT2D eigenvalue weighted by atomic mass is 32.2. The third-order valence-corrected chi connectivity index (χ3v) is 2.99. The molecule has 0 amide bonds. The van der Waals surface area contributed by atoms with E-state index in [-0.39, 0.29) is 5.69 Å². The molecule has 0 unspecified atom stereocenters. The van der Waals surface area contributed by atoms with Crippen molar-refractivity contribution in [3.8, 4) is 0 Å². The van der Waals surface area contributed by atoms with Crippen LogP contribution in [0, 0.1) is 5.95 Å². The summed E-state index contributed by atoms with van der Waals surface area (Å²) in [4.78, 5) is 15.1. The molecule has 1 N–H and O–H groups in total. The van der Waals surface area contributed by atoms with Crippen molar-refractivity contribution < 1.29 is 4.39 Å². The molecule has 5 nitrogen and oxygen atoms in total.